The largest absolute Gasteiger partial charge is 0.494 e. The van der Waals surface area contributed by atoms with Gasteiger partial charge in [-0.3, -0.25) is 4.79 Å². The summed E-state index contributed by atoms with van der Waals surface area (Å²) < 4.78 is 7.16. The van der Waals surface area contributed by atoms with Gasteiger partial charge in [-0.05, 0) is 49.2 Å². The maximum atomic E-state index is 11.7. The van der Waals surface area contributed by atoms with E-state index in [4.69, 9.17) is 9.84 Å². The molecule has 0 aliphatic carbocycles. The normalized spacial score (nSPS) is 10.3. The van der Waals surface area contributed by atoms with Crippen LogP contribution in [0, 0.1) is 6.92 Å². The molecule has 5 heteroatoms. The van der Waals surface area contributed by atoms with Gasteiger partial charge in [-0.25, -0.2) is 4.79 Å². The molecule has 0 aliphatic rings. The average Bonchev–Trinajstić information content (AvgIpc) is 2.46. The number of carboxylic acid groups (broad SMARTS) is 1. The number of aromatic carboxylic acids is 1. The van der Waals surface area contributed by atoms with E-state index in [9.17, 15) is 9.59 Å². The van der Waals surface area contributed by atoms with Crippen molar-refractivity contribution in [3.05, 3.63) is 64.1 Å². The molecule has 110 valence electrons. The highest BCUT2D eigenvalue weighted by molar-refractivity contribution is 5.87. The van der Waals surface area contributed by atoms with E-state index in [1.54, 1.807) is 29.0 Å². The molecular formula is C16H17NO4. The number of aryl methyl sites for hydroxylation is 2. The topological polar surface area (TPSA) is 68.5 Å². The fourth-order valence-electron chi connectivity index (χ4n) is 1.91. The molecule has 1 aromatic carbocycles. The number of benzene rings is 1. The number of nitrogens with zero attached hydrogens (tertiary/aromatic N) is 1. The van der Waals surface area contributed by atoms with Gasteiger partial charge in [0.15, 0.2) is 0 Å². The van der Waals surface area contributed by atoms with Crippen LogP contribution in [-0.2, 0) is 6.54 Å². The Hall–Kier alpha value is -2.56. The quantitative estimate of drug-likeness (QED) is 0.828. The minimum atomic E-state index is -0.958. The number of carboxylic acids is 1. The van der Waals surface area contributed by atoms with Crippen molar-refractivity contribution >= 4 is 5.97 Å². The maximum absolute atomic E-state index is 11.7. The molecule has 0 spiro atoms. The van der Waals surface area contributed by atoms with E-state index < -0.39 is 5.97 Å². The summed E-state index contributed by atoms with van der Waals surface area (Å²) in [7, 11) is 0. The molecule has 2 rings (SSSR count). The molecule has 21 heavy (non-hydrogen) atoms. The number of carbonyl (C=O) groups is 1. The van der Waals surface area contributed by atoms with Gasteiger partial charge in [-0.15, -0.1) is 0 Å². The van der Waals surface area contributed by atoms with Gasteiger partial charge in [0.05, 0.1) is 12.2 Å². The molecule has 1 aromatic heterocycles. The summed E-state index contributed by atoms with van der Waals surface area (Å²) in [5.74, 6) is -0.337. The van der Waals surface area contributed by atoms with Crippen LogP contribution >= 0.6 is 0 Å². The first kappa shape index (κ1) is 14.8. The van der Waals surface area contributed by atoms with Crippen LogP contribution in [0.2, 0.25) is 0 Å². The Morgan fingerprint density at radius 1 is 1.24 bits per heavy atom. The SMILES string of the molecule is Cc1ccn(CCCOc2ccc(C(=O)O)cc2)c(=O)c1. The molecule has 0 radical (unpaired) electrons. The average molecular weight is 287 g/mol. The molecule has 0 aliphatic heterocycles. The van der Waals surface area contributed by atoms with Crippen molar-refractivity contribution in [1.82, 2.24) is 4.57 Å². The van der Waals surface area contributed by atoms with Gasteiger partial charge in [0.25, 0.3) is 5.56 Å². The third-order valence-electron chi connectivity index (χ3n) is 3.06. The van der Waals surface area contributed by atoms with E-state index in [-0.39, 0.29) is 11.1 Å². The van der Waals surface area contributed by atoms with E-state index in [0.29, 0.717) is 25.3 Å². The number of hydrogen-bond donors (Lipinski definition) is 1. The van der Waals surface area contributed by atoms with E-state index in [0.717, 1.165) is 5.56 Å². The lowest BCUT2D eigenvalue weighted by atomic mass is 10.2. The van der Waals surface area contributed by atoms with E-state index >= 15 is 0 Å². The first-order valence-corrected chi connectivity index (χ1v) is 6.69. The summed E-state index contributed by atoms with van der Waals surface area (Å²) in [5.41, 5.74) is 1.17. The van der Waals surface area contributed by atoms with Crippen LogP contribution in [0.15, 0.2) is 47.4 Å². The molecule has 0 amide bonds. The number of pyridine rings is 1. The van der Waals surface area contributed by atoms with Gasteiger partial charge in [0.2, 0.25) is 0 Å². The molecule has 0 fully saturated rings. The van der Waals surface area contributed by atoms with E-state index in [1.165, 1.54) is 12.1 Å². The maximum Gasteiger partial charge on any atom is 0.335 e. The summed E-state index contributed by atoms with van der Waals surface area (Å²) >= 11 is 0. The van der Waals surface area contributed by atoms with Gasteiger partial charge < -0.3 is 14.4 Å². The summed E-state index contributed by atoms with van der Waals surface area (Å²) in [6, 6.07) is 9.76. The van der Waals surface area contributed by atoms with Crippen LogP contribution in [0.5, 0.6) is 5.75 Å². The third kappa shape index (κ3) is 4.21. The Balaban J connectivity index is 1.81. The Kier molecular flexibility index (Phi) is 4.77. The Bertz CT molecular complexity index is 673. The minimum absolute atomic E-state index is 0.0131. The van der Waals surface area contributed by atoms with Crippen molar-refractivity contribution in [1.29, 1.82) is 0 Å². The number of rotatable bonds is 6. The van der Waals surface area contributed by atoms with Crippen molar-refractivity contribution in [2.24, 2.45) is 0 Å². The lowest BCUT2D eigenvalue weighted by molar-refractivity contribution is 0.0697. The fourth-order valence-corrected chi connectivity index (χ4v) is 1.91. The number of hydrogen-bond acceptors (Lipinski definition) is 3. The second-order valence-corrected chi connectivity index (χ2v) is 4.77. The van der Waals surface area contributed by atoms with Gasteiger partial charge in [0.1, 0.15) is 5.75 Å². The van der Waals surface area contributed by atoms with Gasteiger partial charge in [-0.1, -0.05) is 0 Å². The minimum Gasteiger partial charge on any atom is -0.494 e. The van der Waals surface area contributed by atoms with Crippen LogP contribution in [0.4, 0.5) is 0 Å². The van der Waals surface area contributed by atoms with Crippen molar-refractivity contribution in [2.75, 3.05) is 6.61 Å². The highest BCUT2D eigenvalue weighted by atomic mass is 16.5. The van der Waals surface area contributed by atoms with Gasteiger partial charge in [0, 0.05) is 18.8 Å². The van der Waals surface area contributed by atoms with E-state index in [1.807, 2.05) is 13.0 Å². The van der Waals surface area contributed by atoms with Crippen LogP contribution in [-0.4, -0.2) is 22.2 Å². The number of aromatic nitrogens is 1. The predicted molar refractivity (Wildman–Crippen MR) is 79.0 cm³/mol. The molecular weight excluding hydrogens is 270 g/mol. The van der Waals surface area contributed by atoms with Crippen LogP contribution < -0.4 is 10.3 Å². The zero-order valence-electron chi connectivity index (χ0n) is 11.8. The molecule has 5 nitrogen and oxygen atoms in total. The monoisotopic (exact) mass is 287 g/mol. The molecule has 0 saturated carbocycles. The first-order chi connectivity index (χ1) is 10.1. The highest BCUT2D eigenvalue weighted by Crippen LogP contribution is 2.12. The highest BCUT2D eigenvalue weighted by Gasteiger charge is 2.02. The molecule has 0 saturated heterocycles. The predicted octanol–water partition coefficient (Wildman–Crippen LogP) is 2.32. The zero-order valence-corrected chi connectivity index (χ0v) is 11.8. The molecule has 0 unspecified atom stereocenters. The van der Waals surface area contributed by atoms with Gasteiger partial charge in [-0.2, -0.15) is 0 Å². The summed E-state index contributed by atoms with van der Waals surface area (Å²) in [4.78, 5) is 22.4. The summed E-state index contributed by atoms with van der Waals surface area (Å²) in [6.45, 7) is 2.94. The number of ether oxygens (including phenoxy) is 1. The Morgan fingerprint density at radius 3 is 2.57 bits per heavy atom. The summed E-state index contributed by atoms with van der Waals surface area (Å²) in [6.07, 6.45) is 2.48. The Labute approximate surface area is 122 Å². The third-order valence-corrected chi connectivity index (χ3v) is 3.06. The van der Waals surface area contributed by atoms with Crippen molar-refractivity contribution < 1.29 is 14.6 Å². The lowest BCUT2D eigenvalue weighted by Gasteiger charge is -2.08. The van der Waals surface area contributed by atoms with Crippen molar-refractivity contribution in [2.45, 2.75) is 19.9 Å². The first-order valence-electron chi connectivity index (χ1n) is 6.69. The second kappa shape index (κ2) is 6.74. The van der Waals surface area contributed by atoms with Crippen LogP contribution in [0.1, 0.15) is 22.3 Å². The Morgan fingerprint density at radius 2 is 1.95 bits per heavy atom. The molecule has 0 atom stereocenters. The fraction of sp³-hybridized carbons (Fsp3) is 0.250. The second-order valence-electron chi connectivity index (χ2n) is 4.77. The smallest absolute Gasteiger partial charge is 0.335 e. The van der Waals surface area contributed by atoms with Crippen LogP contribution in [0.25, 0.3) is 0 Å². The lowest BCUT2D eigenvalue weighted by Crippen LogP contribution is -2.19. The van der Waals surface area contributed by atoms with Crippen molar-refractivity contribution in [3.63, 3.8) is 0 Å². The molecule has 1 heterocycles. The molecule has 0 bridgehead atoms. The van der Waals surface area contributed by atoms with Gasteiger partial charge >= 0.3 is 5.97 Å². The molecule has 1 N–H and O–H groups in total. The van der Waals surface area contributed by atoms with Crippen LogP contribution in [0.3, 0.4) is 0 Å². The zero-order chi connectivity index (χ0) is 15.2. The van der Waals surface area contributed by atoms with Crippen molar-refractivity contribution in [3.8, 4) is 5.75 Å². The van der Waals surface area contributed by atoms with E-state index in [2.05, 4.69) is 0 Å². The summed E-state index contributed by atoms with van der Waals surface area (Å²) in [5, 5.41) is 8.79. The standard InChI is InChI=1S/C16H17NO4/c1-12-7-9-17(15(18)11-12)8-2-10-21-14-5-3-13(4-6-14)16(19)20/h3-7,9,11H,2,8,10H2,1H3,(H,19,20). The molecule has 2 aromatic rings.